The zero-order chi connectivity index (χ0) is 20.6. The molecule has 150 valence electrons. The molecule has 1 atom stereocenters. The van der Waals surface area contributed by atoms with Gasteiger partial charge in [-0.25, -0.2) is 0 Å². The molecule has 0 bridgehead atoms. The maximum absolute atomic E-state index is 12.5. The highest BCUT2D eigenvalue weighted by atomic mass is 16.5. The van der Waals surface area contributed by atoms with Crippen LogP contribution < -0.4 is 20.1 Å². The van der Waals surface area contributed by atoms with Crippen LogP contribution in [0.25, 0.3) is 0 Å². The summed E-state index contributed by atoms with van der Waals surface area (Å²) >= 11 is 0. The zero-order valence-corrected chi connectivity index (χ0v) is 16.9. The number of carbonyl (C=O) groups excluding carboxylic acids is 1. The number of ether oxygens (including phenoxy) is 2. The first-order valence-electron chi connectivity index (χ1n) is 9.47. The third-order valence-electron chi connectivity index (χ3n) is 4.68. The SMILES string of the molecule is COc1ccc(NC(=O)CN[C@H](c2ccccc2)c2ccc(C)cc2)cc1OC. The summed E-state index contributed by atoms with van der Waals surface area (Å²) in [6, 6.07) is 23.7. The summed E-state index contributed by atoms with van der Waals surface area (Å²) in [5.41, 5.74) is 4.07. The van der Waals surface area contributed by atoms with Crippen LogP contribution in [0.5, 0.6) is 11.5 Å². The molecule has 3 aromatic carbocycles. The number of rotatable bonds is 8. The maximum atomic E-state index is 12.5. The van der Waals surface area contributed by atoms with E-state index in [0.29, 0.717) is 17.2 Å². The molecule has 0 fully saturated rings. The van der Waals surface area contributed by atoms with Crippen molar-refractivity contribution >= 4 is 11.6 Å². The number of carbonyl (C=O) groups is 1. The Balaban J connectivity index is 1.71. The number of benzene rings is 3. The number of anilines is 1. The van der Waals surface area contributed by atoms with E-state index in [1.54, 1.807) is 32.4 Å². The zero-order valence-electron chi connectivity index (χ0n) is 16.9. The van der Waals surface area contributed by atoms with Crippen molar-refractivity contribution in [2.24, 2.45) is 0 Å². The summed E-state index contributed by atoms with van der Waals surface area (Å²) in [4.78, 5) is 12.5. The molecule has 1 amide bonds. The van der Waals surface area contributed by atoms with Crippen molar-refractivity contribution in [1.29, 1.82) is 0 Å². The van der Waals surface area contributed by atoms with Crippen LogP contribution in [0, 0.1) is 6.92 Å². The van der Waals surface area contributed by atoms with Gasteiger partial charge < -0.3 is 14.8 Å². The predicted molar refractivity (Wildman–Crippen MR) is 116 cm³/mol. The van der Waals surface area contributed by atoms with Crippen molar-refractivity contribution < 1.29 is 14.3 Å². The molecule has 0 unspecified atom stereocenters. The molecule has 0 radical (unpaired) electrons. The van der Waals surface area contributed by atoms with Gasteiger partial charge in [0, 0.05) is 11.8 Å². The van der Waals surface area contributed by atoms with Crippen molar-refractivity contribution in [2.75, 3.05) is 26.1 Å². The molecule has 0 saturated heterocycles. The first kappa shape index (κ1) is 20.4. The summed E-state index contributed by atoms with van der Waals surface area (Å²) in [5, 5.41) is 6.27. The molecule has 2 N–H and O–H groups in total. The largest absolute Gasteiger partial charge is 0.493 e. The van der Waals surface area contributed by atoms with Crippen LogP contribution in [-0.2, 0) is 4.79 Å². The molecule has 0 heterocycles. The number of nitrogens with one attached hydrogen (secondary N) is 2. The van der Waals surface area contributed by atoms with Crippen LogP contribution in [0.15, 0.2) is 72.8 Å². The first-order valence-corrected chi connectivity index (χ1v) is 9.47. The molecule has 0 aliphatic carbocycles. The lowest BCUT2D eigenvalue weighted by molar-refractivity contribution is -0.115. The number of hydrogen-bond donors (Lipinski definition) is 2. The van der Waals surface area contributed by atoms with E-state index in [-0.39, 0.29) is 18.5 Å². The predicted octanol–water partition coefficient (Wildman–Crippen LogP) is 4.33. The van der Waals surface area contributed by atoms with Gasteiger partial charge in [-0.05, 0) is 30.2 Å². The van der Waals surface area contributed by atoms with Crippen LogP contribution in [0.4, 0.5) is 5.69 Å². The monoisotopic (exact) mass is 390 g/mol. The van der Waals surface area contributed by atoms with Crippen molar-refractivity contribution in [3.63, 3.8) is 0 Å². The van der Waals surface area contributed by atoms with Crippen molar-refractivity contribution in [3.8, 4) is 11.5 Å². The van der Waals surface area contributed by atoms with Gasteiger partial charge in [-0.15, -0.1) is 0 Å². The van der Waals surface area contributed by atoms with E-state index >= 15 is 0 Å². The minimum atomic E-state index is -0.134. The van der Waals surface area contributed by atoms with Crippen LogP contribution >= 0.6 is 0 Å². The summed E-state index contributed by atoms with van der Waals surface area (Å²) in [7, 11) is 3.14. The van der Waals surface area contributed by atoms with Crippen molar-refractivity contribution in [1.82, 2.24) is 5.32 Å². The summed E-state index contributed by atoms with van der Waals surface area (Å²) in [6.45, 7) is 2.23. The van der Waals surface area contributed by atoms with Crippen LogP contribution in [0.1, 0.15) is 22.7 Å². The van der Waals surface area contributed by atoms with Gasteiger partial charge in [0.15, 0.2) is 11.5 Å². The Hall–Kier alpha value is -3.31. The fraction of sp³-hybridized carbons (Fsp3) is 0.208. The summed E-state index contributed by atoms with van der Waals surface area (Å²) < 4.78 is 10.5. The Morgan fingerprint density at radius 1 is 0.862 bits per heavy atom. The molecule has 5 heteroatoms. The Bertz CT molecular complexity index is 940. The van der Waals surface area contributed by atoms with E-state index < -0.39 is 0 Å². The highest BCUT2D eigenvalue weighted by molar-refractivity contribution is 5.92. The van der Waals surface area contributed by atoms with Gasteiger partial charge >= 0.3 is 0 Å². The van der Waals surface area contributed by atoms with E-state index in [2.05, 4.69) is 54.0 Å². The third kappa shape index (κ3) is 5.36. The Morgan fingerprint density at radius 2 is 1.52 bits per heavy atom. The molecule has 3 rings (SSSR count). The van der Waals surface area contributed by atoms with Gasteiger partial charge in [0.25, 0.3) is 0 Å². The molecule has 0 aromatic heterocycles. The molecule has 5 nitrogen and oxygen atoms in total. The summed E-state index contributed by atoms with van der Waals surface area (Å²) in [5.74, 6) is 1.05. The van der Waals surface area contributed by atoms with Gasteiger partial charge in [0.1, 0.15) is 0 Å². The van der Waals surface area contributed by atoms with E-state index in [0.717, 1.165) is 11.1 Å². The summed E-state index contributed by atoms with van der Waals surface area (Å²) in [6.07, 6.45) is 0. The Kier molecular flexibility index (Phi) is 6.87. The van der Waals surface area contributed by atoms with E-state index in [4.69, 9.17) is 9.47 Å². The molecular weight excluding hydrogens is 364 g/mol. The van der Waals surface area contributed by atoms with Gasteiger partial charge in [0.2, 0.25) is 5.91 Å². The average Bonchev–Trinajstić information content (AvgIpc) is 2.75. The first-order chi connectivity index (χ1) is 14.1. The van der Waals surface area contributed by atoms with Gasteiger partial charge in [-0.2, -0.15) is 0 Å². The second-order valence-electron chi connectivity index (χ2n) is 6.75. The van der Waals surface area contributed by atoms with E-state index in [1.807, 2.05) is 18.2 Å². The molecule has 0 spiro atoms. The van der Waals surface area contributed by atoms with Crippen LogP contribution in [0.2, 0.25) is 0 Å². The topological polar surface area (TPSA) is 59.6 Å². The molecule has 0 aliphatic rings. The third-order valence-corrected chi connectivity index (χ3v) is 4.68. The smallest absolute Gasteiger partial charge is 0.238 e. The molecule has 0 aliphatic heterocycles. The highest BCUT2D eigenvalue weighted by Gasteiger charge is 2.15. The minimum absolute atomic E-state index is 0.0760. The van der Waals surface area contributed by atoms with Crippen LogP contribution in [0.3, 0.4) is 0 Å². The number of aryl methyl sites for hydroxylation is 1. The van der Waals surface area contributed by atoms with Crippen LogP contribution in [-0.4, -0.2) is 26.7 Å². The van der Waals surface area contributed by atoms with E-state index in [1.165, 1.54) is 5.56 Å². The number of amides is 1. The lowest BCUT2D eigenvalue weighted by atomic mass is 9.98. The van der Waals surface area contributed by atoms with Gasteiger partial charge in [-0.3, -0.25) is 10.1 Å². The second-order valence-corrected chi connectivity index (χ2v) is 6.75. The van der Waals surface area contributed by atoms with Gasteiger partial charge in [-0.1, -0.05) is 60.2 Å². The maximum Gasteiger partial charge on any atom is 0.238 e. The molecule has 3 aromatic rings. The van der Waals surface area contributed by atoms with Crippen molar-refractivity contribution in [3.05, 3.63) is 89.5 Å². The quantitative estimate of drug-likeness (QED) is 0.601. The lowest BCUT2D eigenvalue weighted by Gasteiger charge is -2.20. The van der Waals surface area contributed by atoms with E-state index in [9.17, 15) is 4.79 Å². The Morgan fingerprint density at radius 3 is 2.17 bits per heavy atom. The fourth-order valence-corrected chi connectivity index (χ4v) is 3.15. The number of hydrogen-bond acceptors (Lipinski definition) is 4. The van der Waals surface area contributed by atoms with Crippen molar-refractivity contribution in [2.45, 2.75) is 13.0 Å². The van der Waals surface area contributed by atoms with Gasteiger partial charge in [0.05, 0.1) is 26.8 Å². The number of methoxy groups -OCH3 is 2. The standard InChI is InChI=1S/C24H26N2O3/c1-17-9-11-19(12-10-17)24(18-7-5-4-6-8-18)25-16-23(27)26-20-13-14-21(28-2)22(15-20)29-3/h4-15,24-25H,16H2,1-3H3,(H,26,27)/t24-/m1/s1. The molecular formula is C24H26N2O3. The lowest BCUT2D eigenvalue weighted by Crippen LogP contribution is -2.31. The highest BCUT2D eigenvalue weighted by Crippen LogP contribution is 2.29. The minimum Gasteiger partial charge on any atom is -0.493 e. The second kappa shape index (κ2) is 9.75. The fourth-order valence-electron chi connectivity index (χ4n) is 3.15. The molecule has 29 heavy (non-hydrogen) atoms. The normalized spacial score (nSPS) is 11.6. The average molecular weight is 390 g/mol. The Labute approximate surface area is 171 Å². The molecule has 0 saturated carbocycles.